The monoisotopic (exact) mass is 536 g/mol. The lowest BCUT2D eigenvalue weighted by molar-refractivity contribution is 0.0738. The number of nitrogens with one attached hydrogen (secondary N) is 1. The number of aliphatic hydroxyl groups is 2. The van der Waals surface area contributed by atoms with Gasteiger partial charge < -0.3 is 20.1 Å². The Labute approximate surface area is 226 Å². The van der Waals surface area contributed by atoms with E-state index in [4.69, 9.17) is 11.6 Å². The summed E-state index contributed by atoms with van der Waals surface area (Å²) in [5, 5.41) is 24.2. The summed E-state index contributed by atoms with van der Waals surface area (Å²) in [5.74, 6) is 5.92. The first-order valence-electron chi connectivity index (χ1n) is 12.6. The third-order valence-electron chi connectivity index (χ3n) is 7.61. The number of halogens is 2. The molecule has 198 valence electrons. The van der Waals surface area contributed by atoms with Crippen LogP contribution in [-0.4, -0.2) is 36.3 Å². The van der Waals surface area contributed by atoms with Gasteiger partial charge in [0.25, 0.3) is 5.91 Å². The number of aryl methyl sites for hydroxylation is 1. The molecular weight excluding hydrogens is 507 g/mol. The average Bonchev–Trinajstić information content (AvgIpc) is 3.51. The van der Waals surface area contributed by atoms with Gasteiger partial charge in [-0.2, -0.15) is 0 Å². The molecule has 9 heteroatoms. The molecule has 3 aromatic rings. The van der Waals surface area contributed by atoms with E-state index in [1.165, 1.54) is 18.2 Å². The molecule has 2 unspecified atom stereocenters. The summed E-state index contributed by atoms with van der Waals surface area (Å²) in [6.45, 7) is 3.34. The average molecular weight is 537 g/mol. The number of aromatic nitrogens is 3. The number of carbonyl (C=O) groups is 1. The minimum Gasteiger partial charge on any atom is -0.384 e. The predicted molar refractivity (Wildman–Crippen MR) is 142 cm³/mol. The van der Waals surface area contributed by atoms with E-state index < -0.39 is 17.0 Å². The van der Waals surface area contributed by atoms with Crippen LogP contribution in [0.2, 0.25) is 5.02 Å². The summed E-state index contributed by atoms with van der Waals surface area (Å²) >= 11 is 5.86. The molecule has 2 fully saturated rings. The molecule has 0 radical (unpaired) electrons. The van der Waals surface area contributed by atoms with Gasteiger partial charge >= 0.3 is 0 Å². The first-order valence-corrected chi connectivity index (χ1v) is 13.0. The molecule has 0 spiro atoms. The van der Waals surface area contributed by atoms with Crippen LogP contribution >= 0.6 is 11.6 Å². The number of rotatable bonds is 4. The maximum absolute atomic E-state index is 13.5. The second-order valence-corrected chi connectivity index (χ2v) is 11.4. The molecule has 0 bridgehead atoms. The Morgan fingerprint density at radius 2 is 1.92 bits per heavy atom. The van der Waals surface area contributed by atoms with Gasteiger partial charge in [0.1, 0.15) is 22.7 Å². The highest BCUT2D eigenvalue weighted by Crippen LogP contribution is 2.53. The van der Waals surface area contributed by atoms with Gasteiger partial charge in [-0.1, -0.05) is 23.4 Å². The van der Waals surface area contributed by atoms with Gasteiger partial charge in [0, 0.05) is 30.4 Å². The summed E-state index contributed by atoms with van der Waals surface area (Å²) < 4.78 is 15.2. The van der Waals surface area contributed by atoms with Crippen molar-refractivity contribution in [3.05, 3.63) is 76.3 Å². The Bertz CT molecular complexity index is 1440. The first kappa shape index (κ1) is 26.4. The minimum absolute atomic E-state index is 0.0613. The van der Waals surface area contributed by atoms with Crippen molar-refractivity contribution in [3.63, 3.8) is 0 Å². The number of benzene rings is 1. The zero-order valence-corrected chi connectivity index (χ0v) is 22.3. The lowest BCUT2D eigenvalue weighted by atomic mass is 9.92. The van der Waals surface area contributed by atoms with Gasteiger partial charge in [0.05, 0.1) is 22.7 Å². The molecule has 1 amide bonds. The van der Waals surface area contributed by atoms with Crippen LogP contribution in [0, 0.1) is 29.5 Å². The fraction of sp³-hybridized carbons (Fsp3) is 0.414. The predicted octanol–water partition coefficient (Wildman–Crippen LogP) is 4.77. The van der Waals surface area contributed by atoms with E-state index in [0.717, 1.165) is 18.5 Å². The molecule has 38 heavy (non-hydrogen) atoms. The summed E-state index contributed by atoms with van der Waals surface area (Å²) in [6.07, 6.45) is 5.99. The molecule has 0 aliphatic heterocycles. The molecule has 2 heterocycles. The highest BCUT2D eigenvalue weighted by Gasteiger charge is 2.49. The topological polar surface area (TPSA) is 100 Å². The maximum atomic E-state index is 13.5. The molecule has 1 aromatic carbocycles. The molecule has 2 aliphatic carbocycles. The number of fused-ring (bicyclic) bond motifs is 1. The maximum Gasteiger partial charge on any atom is 0.274 e. The number of hydrogen-bond acceptors (Lipinski definition) is 5. The lowest BCUT2D eigenvalue weighted by Crippen LogP contribution is -2.24. The molecule has 2 saturated carbocycles. The quantitative estimate of drug-likeness (QED) is 0.417. The highest BCUT2D eigenvalue weighted by molar-refractivity contribution is 6.31. The minimum atomic E-state index is -1.08. The van der Waals surface area contributed by atoms with Crippen molar-refractivity contribution in [1.29, 1.82) is 0 Å². The van der Waals surface area contributed by atoms with Crippen LogP contribution in [0.3, 0.4) is 0 Å². The summed E-state index contributed by atoms with van der Waals surface area (Å²) in [5.41, 5.74) is 0.687. The van der Waals surface area contributed by atoms with Gasteiger partial charge in [0.15, 0.2) is 0 Å². The van der Waals surface area contributed by atoms with Gasteiger partial charge in [-0.25, -0.2) is 9.37 Å². The number of imidazole rings is 1. The molecule has 2 aromatic heterocycles. The number of anilines is 1. The fourth-order valence-corrected chi connectivity index (χ4v) is 5.99. The van der Waals surface area contributed by atoms with Gasteiger partial charge in [0.2, 0.25) is 0 Å². The van der Waals surface area contributed by atoms with Gasteiger partial charge in [-0.3, -0.25) is 9.78 Å². The molecule has 2 aliphatic rings. The van der Waals surface area contributed by atoms with Crippen molar-refractivity contribution in [3.8, 4) is 11.8 Å². The SMILES string of the molecule is Cn1cnc(C2CC3CC(O)(C#Cc4ccnc(C(C)(C)O)c4)CC3C2)c1C(=O)Nc1ccc(F)c(Cl)c1. The molecule has 3 N–H and O–H groups in total. The second-order valence-electron chi connectivity index (χ2n) is 11.0. The molecule has 7 nitrogen and oxygen atoms in total. The molecule has 5 rings (SSSR count). The van der Waals surface area contributed by atoms with Crippen molar-refractivity contribution < 1.29 is 19.4 Å². The summed E-state index contributed by atoms with van der Waals surface area (Å²) in [4.78, 5) is 21.9. The van der Waals surface area contributed by atoms with Crippen molar-refractivity contribution >= 4 is 23.2 Å². The zero-order valence-electron chi connectivity index (χ0n) is 21.5. The summed E-state index contributed by atoms with van der Waals surface area (Å²) in [6, 6.07) is 7.57. The number of nitrogens with zero attached hydrogens (tertiary/aromatic N) is 3. The first-order chi connectivity index (χ1) is 17.9. The van der Waals surface area contributed by atoms with Crippen LogP contribution < -0.4 is 5.32 Å². The smallest absolute Gasteiger partial charge is 0.274 e. The molecular formula is C29H30ClFN4O3. The van der Waals surface area contributed by atoms with Crippen molar-refractivity contribution in [2.45, 2.75) is 56.7 Å². The second kappa shape index (κ2) is 9.81. The third-order valence-corrected chi connectivity index (χ3v) is 7.90. The number of hydrogen-bond donors (Lipinski definition) is 3. The van der Waals surface area contributed by atoms with E-state index in [-0.39, 0.29) is 28.7 Å². The van der Waals surface area contributed by atoms with Crippen LogP contribution in [0.15, 0.2) is 42.9 Å². The van der Waals surface area contributed by atoms with Crippen LogP contribution in [-0.2, 0) is 12.6 Å². The Hall–Kier alpha value is -3.25. The largest absolute Gasteiger partial charge is 0.384 e. The van der Waals surface area contributed by atoms with E-state index in [1.54, 1.807) is 50.1 Å². The van der Waals surface area contributed by atoms with Crippen LogP contribution in [0.25, 0.3) is 0 Å². The standard InChI is InChI=1S/C29H30ClFN4O3/c1-28(2,37)24-10-17(7-9-32-24)6-8-29(38)14-19-11-18(12-20(19)15-29)25-26(35(3)16-33-25)27(36)34-21-4-5-23(31)22(30)13-21/h4-5,7,9-10,13,16,18-20,37-38H,11-12,14-15H2,1-3H3,(H,34,36). The van der Waals surface area contributed by atoms with E-state index in [9.17, 15) is 19.4 Å². The number of amides is 1. The normalized spacial score (nSPS) is 24.6. The van der Waals surface area contributed by atoms with E-state index in [0.29, 0.717) is 35.5 Å². The van der Waals surface area contributed by atoms with Crippen LogP contribution in [0.1, 0.15) is 72.9 Å². The third kappa shape index (κ3) is 5.32. The zero-order chi connectivity index (χ0) is 27.2. The van der Waals surface area contributed by atoms with Crippen molar-refractivity contribution in [2.75, 3.05) is 5.32 Å². The highest BCUT2D eigenvalue weighted by atomic mass is 35.5. The van der Waals surface area contributed by atoms with E-state index in [1.807, 2.05) is 0 Å². The van der Waals surface area contributed by atoms with Crippen molar-refractivity contribution in [1.82, 2.24) is 14.5 Å². The van der Waals surface area contributed by atoms with E-state index in [2.05, 4.69) is 27.1 Å². The number of carbonyl (C=O) groups excluding carboxylic acids is 1. The van der Waals surface area contributed by atoms with E-state index >= 15 is 0 Å². The molecule has 0 saturated heterocycles. The molecule has 2 atom stereocenters. The Kier molecular flexibility index (Phi) is 6.80. The van der Waals surface area contributed by atoms with Crippen LogP contribution in [0.4, 0.5) is 10.1 Å². The Balaban J connectivity index is 1.28. The van der Waals surface area contributed by atoms with Crippen molar-refractivity contribution in [2.24, 2.45) is 18.9 Å². The van der Waals surface area contributed by atoms with Gasteiger partial charge in [-0.05, 0) is 81.7 Å². The van der Waals surface area contributed by atoms with Gasteiger partial charge in [-0.15, -0.1) is 0 Å². The summed E-state index contributed by atoms with van der Waals surface area (Å²) in [7, 11) is 1.77. The number of pyridine rings is 1. The Morgan fingerprint density at radius 1 is 1.21 bits per heavy atom. The van der Waals surface area contributed by atoms with Crippen LogP contribution in [0.5, 0.6) is 0 Å². The fourth-order valence-electron chi connectivity index (χ4n) is 5.81. The lowest BCUT2D eigenvalue weighted by Gasteiger charge is -2.19. The Morgan fingerprint density at radius 3 is 2.58 bits per heavy atom.